The number of ether oxygens (including phenoxy) is 1. The second-order valence-corrected chi connectivity index (χ2v) is 4.73. The molecule has 0 aromatic heterocycles. The lowest BCUT2D eigenvalue weighted by atomic mass is 9.92. The first-order chi connectivity index (χ1) is 7.83. The molecule has 0 spiro atoms. The Balaban J connectivity index is 1.99. The van der Waals surface area contributed by atoms with Gasteiger partial charge >= 0.3 is 0 Å². The summed E-state index contributed by atoms with van der Waals surface area (Å²) in [6.07, 6.45) is 5.10. The summed E-state index contributed by atoms with van der Waals surface area (Å²) in [5.74, 6) is 2.66. The van der Waals surface area contributed by atoms with Crippen LogP contribution in [0.15, 0.2) is 24.3 Å². The van der Waals surface area contributed by atoms with Gasteiger partial charge in [-0.15, -0.1) is 0 Å². The standard InChI is InChI=1S/C14H21NO/c1-16-14-4-2-3-11(10-14)9-13(7-8-15)12-5-6-12/h2-4,10,12-13H,5-9,15H2,1H3. The van der Waals surface area contributed by atoms with Crippen molar-refractivity contribution in [2.45, 2.75) is 25.7 Å². The second-order valence-electron chi connectivity index (χ2n) is 4.73. The van der Waals surface area contributed by atoms with Gasteiger partial charge in [0.15, 0.2) is 0 Å². The van der Waals surface area contributed by atoms with E-state index in [4.69, 9.17) is 10.5 Å². The topological polar surface area (TPSA) is 35.2 Å². The van der Waals surface area contributed by atoms with Crippen LogP contribution < -0.4 is 10.5 Å². The lowest BCUT2D eigenvalue weighted by Gasteiger charge is -2.15. The highest BCUT2D eigenvalue weighted by molar-refractivity contribution is 5.28. The first-order valence-electron chi connectivity index (χ1n) is 6.16. The lowest BCUT2D eigenvalue weighted by Crippen LogP contribution is -2.13. The number of hydrogen-bond donors (Lipinski definition) is 1. The third-order valence-corrected chi connectivity index (χ3v) is 3.46. The van der Waals surface area contributed by atoms with Gasteiger partial charge in [0.25, 0.3) is 0 Å². The van der Waals surface area contributed by atoms with Crippen LogP contribution in [0.25, 0.3) is 0 Å². The van der Waals surface area contributed by atoms with E-state index in [0.29, 0.717) is 0 Å². The Labute approximate surface area is 97.8 Å². The molecule has 0 bridgehead atoms. The van der Waals surface area contributed by atoms with E-state index >= 15 is 0 Å². The van der Waals surface area contributed by atoms with Gasteiger partial charge in [-0.3, -0.25) is 0 Å². The van der Waals surface area contributed by atoms with Crippen molar-refractivity contribution in [2.24, 2.45) is 17.6 Å². The molecule has 0 amide bonds. The Bertz CT molecular complexity index is 333. The van der Waals surface area contributed by atoms with Gasteiger partial charge in [-0.2, -0.15) is 0 Å². The van der Waals surface area contributed by atoms with E-state index in [1.165, 1.54) is 18.4 Å². The summed E-state index contributed by atoms with van der Waals surface area (Å²) in [6.45, 7) is 0.811. The fraction of sp³-hybridized carbons (Fsp3) is 0.571. The van der Waals surface area contributed by atoms with Gasteiger partial charge < -0.3 is 10.5 Å². The minimum absolute atomic E-state index is 0.775. The number of nitrogens with two attached hydrogens (primary N) is 1. The molecule has 2 nitrogen and oxygen atoms in total. The van der Waals surface area contributed by atoms with Crippen LogP contribution >= 0.6 is 0 Å². The monoisotopic (exact) mass is 219 g/mol. The SMILES string of the molecule is COc1cccc(CC(CCN)C2CC2)c1. The maximum atomic E-state index is 5.68. The largest absolute Gasteiger partial charge is 0.497 e. The molecule has 16 heavy (non-hydrogen) atoms. The predicted octanol–water partition coefficient (Wildman–Crippen LogP) is 2.61. The van der Waals surface area contributed by atoms with Crippen LogP contribution in [0.2, 0.25) is 0 Å². The zero-order valence-electron chi connectivity index (χ0n) is 9.99. The van der Waals surface area contributed by atoms with Gasteiger partial charge in [0.2, 0.25) is 0 Å². The molecule has 0 saturated heterocycles. The summed E-state index contributed by atoms with van der Waals surface area (Å²) in [7, 11) is 1.72. The molecule has 1 fully saturated rings. The predicted molar refractivity (Wildman–Crippen MR) is 66.6 cm³/mol. The first-order valence-corrected chi connectivity index (χ1v) is 6.16. The normalized spacial score (nSPS) is 17.1. The van der Waals surface area contributed by atoms with Crippen molar-refractivity contribution in [3.05, 3.63) is 29.8 Å². The summed E-state index contributed by atoms with van der Waals surface area (Å²) < 4.78 is 5.25. The van der Waals surface area contributed by atoms with Crippen LogP contribution in [0.1, 0.15) is 24.8 Å². The van der Waals surface area contributed by atoms with Gasteiger partial charge in [-0.25, -0.2) is 0 Å². The molecule has 2 heteroatoms. The average Bonchev–Trinajstić information content (AvgIpc) is 3.13. The molecule has 2 rings (SSSR count). The molecule has 1 aromatic rings. The van der Waals surface area contributed by atoms with Crippen molar-refractivity contribution in [1.29, 1.82) is 0 Å². The summed E-state index contributed by atoms with van der Waals surface area (Å²) in [5, 5.41) is 0. The average molecular weight is 219 g/mol. The minimum atomic E-state index is 0.775. The Morgan fingerprint density at radius 2 is 2.25 bits per heavy atom. The van der Waals surface area contributed by atoms with E-state index in [0.717, 1.165) is 37.0 Å². The summed E-state index contributed by atoms with van der Waals surface area (Å²) >= 11 is 0. The smallest absolute Gasteiger partial charge is 0.119 e. The van der Waals surface area contributed by atoms with Crippen molar-refractivity contribution < 1.29 is 4.74 Å². The van der Waals surface area contributed by atoms with E-state index in [1.54, 1.807) is 7.11 Å². The molecule has 1 aliphatic carbocycles. The zero-order valence-corrected chi connectivity index (χ0v) is 9.99. The van der Waals surface area contributed by atoms with Crippen LogP contribution in [0.4, 0.5) is 0 Å². The summed E-state index contributed by atoms with van der Waals surface area (Å²) in [5.41, 5.74) is 7.06. The molecule has 1 atom stereocenters. The third kappa shape index (κ3) is 2.99. The highest BCUT2D eigenvalue weighted by atomic mass is 16.5. The van der Waals surface area contributed by atoms with E-state index in [1.807, 2.05) is 6.07 Å². The highest BCUT2D eigenvalue weighted by Crippen LogP contribution is 2.40. The molecule has 1 aromatic carbocycles. The zero-order chi connectivity index (χ0) is 11.4. The fourth-order valence-corrected chi connectivity index (χ4v) is 2.39. The van der Waals surface area contributed by atoms with Crippen molar-refractivity contribution in [1.82, 2.24) is 0 Å². The maximum Gasteiger partial charge on any atom is 0.119 e. The van der Waals surface area contributed by atoms with Crippen LogP contribution in [0.3, 0.4) is 0 Å². The van der Waals surface area contributed by atoms with E-state index in [-0.39, 0.29) is 0 Å². The molecule has 0 aliphatic heterocycles. The van der Waals surface area contributed by atoms with Crippen LogP contribution in [0, 0.1) is 11.8 Å². The van der Waals surface area contributed by atoms with Crippen LogP contribution in [-0.2, 0) is 6.42 Å². The van der Waals surface area contributed by atoms with E-state index in [2.05, 4.69) is 18.2 Å². The molecule has 1 unspecified atom stereocenters. The molecule has 2 N–H and O–H groups in total. The molecule has 0 heterocycles. The van der Waals surface area contributed by atoms with E-state index in [9.17, 15) is 0 Å². The Hall–Kier alpha value is -1.02. The first kappa shape index (κ1) is 11.5. The van der Waals surface area contributed by atoms with Crippen LogP contribution in [0.5, 0.6) is 5.75 Å². The molecule has 1 aliphatic rings. The maximum absolute atomic E-state index is 5.68. The second kappa shape index (κ2) is 5.35. The van der Waals surface area contributed by atoms with Gasteiger partial charge in [-0.05, 0) is 61.8 Å². The Morgan fingerprint density at radius 3 is 2.88 bits per heavy atom. The van der Waals surface area contributed by atoms with Gasteiger partial charge in [-0.1, -0.05) is 12.1 Å². The fourth-order valence-electron chi connectivity index (χ4n) is 2.39. The minimum Gasteiger partial charge on any atom is -0.497 e. The van der Waals surface area contributed by atoms with E-state index < -0.39 is 0 Å². The van der Waals surface area contributed by atoms with Crippen molar-refractivity contribution in [3.63, 3.8) is 0 Å². The molecule has 88 valence electrons. The number of rotatable bonds is 6. The summed E-state index contributed by atoms with van der Waals surface area (Å²) in [6, 6.07) is 8.40. The Morgan fingerprint density at radius 1 is 1.44 bits per heavy atom. The van der Waals surface area contributed by atoms with Crippen LogP contribution in [-0.4, -0.2) is 13.7 Å². The third-order valence-electron chi connectivity index (χ3n) is 3.46. The lowest BCUT2D eigenvalue weighted by molar-refractivity contribution is 0.410. The van der Waals surface area contributed by atoms with Gasteiger partial charge in [0, 0.05) is 0 Å². The van der Waals surface area contributed by atoms with Gasteiger partial charge in [0.05, 0.1) is 7.11 Å². The molecule has 1 saturated carbocycles. The number of hydrogen-bond acceptors (Lipinski definition) is 2. The molecular formula is C14H21NO. The Kier molecular flexibility index (Phi) is 3.83. The molecular weight excluding hydrogens is 198 g/mol. The molecule has 0 radical (unpaired) electrons. The van der Waals surface area contributed by atoms with Gasteiger partial charge in [0.1, 0.15) is 5.75 Å². The summed E-state index contributed by atoms with van der Waals surface area (Å²) in [4.78, 5) is 0. The quantitative estimate of drug-likeness (QED) is 0.798. The number of benzene rings is 1. The van der Waals surface area contributed by atoms with Crippen molar-refractivity contribution >= 4 is 0 Å². The highest BCUT2D eigenvalue weighted by Gasteiger charge is 2.30. The number of methoxy groups -OCH3 is 1. The van der Waals surface area contributed by atoms with Crippen molar-refractivity contribution in [3.8, 4) is 5.75 Å². The van der Waals surface area contributed by atoms with Crippen molar-refractivity contribution in [2.75, 3.05) is 13.7 Å².